The van der Waals surface area contributed by atoms with E-state index in [0.29, 0.717) is 49.7 Å². The molecule has 0 aliphatic carbocycles. The van der Waals surface area contributed by atoms with Crippen LogP contribution in [0.25, 0.3) is 0 Å². The molecule has 2 aromatic carbocycles. The number of hydrogen-bond donors (Lipinski definition) is 1. The van der Waals surface area contributed by atoms with Crippen molar-refractivity contribution in [2.24, 2.45) is 0 Å². The number of nitrogens with zero attached hydrogens (tertiary/aromatic N) is 1. The molecular weight excluding hydrogens is 414 g/mol. The Morgan fingerprint density at radius 2 is 1.72 bits per heavy atom. The van der Waals surface area contributed by atoms with Crippen LogP contribution < -0.4 is 18.9 Å². The minimum atomic E-state index is -0.815. The van der Waals surface area contributed by atoms with Gasteiger partial charge in [-0.15, -0.1) is 0 Å². The van der Waals surface area contributed by atoms with Crippen LogP contribution in [0, 0.1) is 0 Å². The zero-order chi connectivity index (χ0) is 22.9. The molecule has 0 aromatic heterocycles. The Labute approximate surface area is 188 Å². The summed E-state index contributed by atoms with van der Waals surface area (Å²) in [5.41, 5.74) is 2.02. The Morgan fingerprint density at radius 3 is 2.44 bits per heavy atom. The molecule has 174 valence electrons. The number of carbonyl (C=O) groups excluding carboxylic acids is 1. The van der Waals surface area contributed by atoms with Crippen LogP contribution in [0.4, 0.5) is 0 Å². The largest absolute Gasteiger partial charge is 0.493 e. The van der Waals surface area contributed by atoms with Crippen molar-refractivity contribution >= 4 is 5.97 Å². The van der Waals surface area contributed by atoms with Gasteiger partial charge in [0.05, 0.1) is 14.2 Å². The summed E-state index contributed by atoms with van der Waals surface area (Å²) in [7, 11) is 3.19. The Morgan fingerprint density at radius 1 is 1.03 bits per heavy atom. The molecule has 1 heterocycles. The fraction of sp³-hybridized carbons (Fsp3) is 0.458. The number of hydrogen-bond acceptors (Lipinski definition) is 8. The van der Waals surface area contributed by atoms with Crippen molar-refractivity contribution in [3.05, 3.63) is 47.5 Å². The van der Waals surface area contributed by atoms with Gasteiger partial charge in [0.2, 0.25) is 6.79 Å². The monoisotopic (exact) mass is 445 g/mol. The number of ether oxygens (including phenoxy) is 5. The average molecular weight is 446 g/mol. The molecule has 0 spiro atoms. The van der Waals surface area contributed by atoms with E-state index >= 15 is 0 Å². The predicted molar refractivity (Wildman–Crippen MR) is 118 cm³/mol. The third-order valence-electron chi connectivity index (χ3n) is 5.06. The zero-order valence-corrected chi connectivity index (χ0v) is 18.8. The highest BCUT2D eigenvalue weighted by molar-refractivity contribution is 5.69. The van der Waals surface area contributed by atoms with Gasteiger partial charge in [0, 0.05) is 26.1 Å². The van der Waals surface area contributed by atoms with E-state index in [1.807, 2.05) is 43.3 Å². The topological polar surface area (TPSA) is 86.7 Å². The lowest BCUT2D eigenvalue weighted by atomic mass is 10.1. The first-order valence-corrected chi connectivity index (χ1v) is 10.7. The normalized spacial score (nSPS) is 13.2. The first-order valence-electron chi connectivity index (χ1n) is 10.7. The molecule has 0 saturated carbocycles. The highest BCUT2D eigenvalue weighted by Crippen LogP contribution is 2.33. The lowest BCUT2D eigenvalue weighted by molar-refractivity contribution is -0.147. The molecule has 0 fully saturated rings. The Hall–Kier alpha value is -2.97. The van der Waals surface area contributed by atoms with Gasteiger partial charge in [0.1, 0.15) is 12.7 Å². The molecule has 0 saturated heterocycles. The Bertz CT molecular complexity index is 902. The zero-order valence-electron chi connectivity index (χ0n) is 18.8. The van der Waals surface area contributed by atoms with E-state index in [2.05, 4.69) is 4.90 Å². The van der Waals surface area contributed by atoms with E-state index in [1.165, 1.54) is 0 Å². The van der Waals surface area contributed by atoms with Gasteiger partial charge in [-0.3, -0.25) is 9.69 Å². The maximum absolute atomic E-state index is 11.7. The van der Waals surface area contributed by atoms with Gasteiger partial charge in [0.25, 0.3) is 0 Å². The third-order valence-corrected chi connectivity index (χ3v) is 5.06. The van der Waals surface area contributed by atoms with Crippen molar-refractivity contribution in [1.82, 2.24) is 4.90 Å². The van der Waals surface area contributed by atoms with Crippen molar-refractivity contribution in [3.63, 3.8) is 0 Å². The van der Waals surface area contributed by atoms with Crippen molar-refractivity contribution in [2.45, 2.75) is 39.0 Å². The van der Waals surface area contributed by atoms with Crippen LogP contribution in [0.2, 0.25) is 0 Å². The van der Waals surface area contributed by atoms with E-state index in [0.717, 1.165) is 16.9 Å². The summed E-state index contributed by atoms with van der Waals surface area (Å²) in [6.07, 6.45) is 0.244. The standard InChI is InChI=1S/C24H31NO7/c1-4-5-24(27)30-15-19(26)14-25(12-17-6-8-20(28-2)22(10-17)29-3)13-18-7-9-21-23(11-18)32-16-31-21/h6-11,19,26H,4-5,12-16H2,1-3H3/t19-/m1/s1. The number of aliphatic hydroxyl groups is 1. The van der Waals surface area contributed by atoms with Crippen molar-refractivity contribution in [2.75, 3.05) is 34.2 Å². The van der Waals surface area contributed by atoms with Gasteiger partial charge in [-0.1, -0.05) is 19.1 Å². The summed E-state index contributed by atoms with van der Waals surface area (Å²) < 4.78 is 26.8. The molecule has 1 atom stereocenters. The molecule has 1 aliphatic heterocycles. The first-order chi connectivity index (χ1) is 15.5. The van der Waals surface area contributed by atoms with Crippen LogP contribution in [0.3, 0.4) is 0 Å². The van der Waals surface area contributed by atoms with Gasteiger partial charge >= 0.3 is 5.97 Å². The second kappa shape index (κ2) is 11.6. The van der Waals surface area contributed by atoms with E-state index < -0.39 is 6.10 Å². The van der Waals surface area contributed by atoms with Crippen molar-refractivity contribution in [1.29, 1.82) is 0 Å². The molecule has 8 nitrogen and oxygen atoms in total. The summed E-state index contributed by atoms with van der Waals surface area (Å²) in [5.74, 6) is 2.43. The number of carbonyl (C=O) groups is 1. The lowest BCUT2D eigenvalue weighted by Gasteiger charge is -2.25. The fourth-order valence-corrected chi connectivity index (χ4v) is 3.54. The summed E-state index contributed by atoms with van der Waals surface area (Å²) in [6, 6.07) is 11.5. The summed E-state index contributed by atoms with van der Waals surface area (Å²) in [4.78, 5) is 13.7. The second-order valence-corrected chi connectivity index (χ2v) is 7.63. The Balaban J connectivity index is 1.72. The van der Waals surface area contributed by atoms with Gasteiger partial charge < -0.3 is 28.8 Å². The SMILES string of the molecule is CCCC(=O)OC[C@H](O)CN(Cc1ccc(OC)c(OC)c1)Cc1ccc2c(c1)OCO2. The first kappa shape index (κ1) is 23.7. The van der Waals surface area contributed by atoms with Gasteiger partial charge in [-0.25, -0.2) is 0 Å². The number of esters is 1. The van der Waals surface area contributed by atoms with Gasteiger partial charge in [-0.2, -0.15) is 0 Å². The molecule has 8 heteroatoms. The Kier molecular flexibility index (Phi) is 8.58. The smallest absolute Gasteiger partial charge is 0.305 e. The molecule has 0 amide bonds. The third kappa shape index (κ3) is 6.51. The number of methoxy groups -OCH3 is 2. The van der Waals surface area contributed by atoms with Crippen molar-refractivity contribution < 1.29 is 33.6 Å². The van der Waals surface area contributed by atoms with Crippen LogP contribution in [-0.4, -0.2) is 56.2 Å². The van der Waals surface area contributed by atoms with E-state index in [4.69, 9.17) is 23.7 Å². The fourth-order valence-electron chi connectivity index (χ4n) is 3.54. The summed E-state index contributed by atoms with van der Waals surface area (Å²) >= 11 is 0. The molecule has 3 rings (SSSR count). The van der Waals surface area contributed by atoms with Crippen LogP contribution in [0.5, 0.6) is 23.0 Å². The van der Waals surface area contributed by atoms with Crippen LogP contribution >= 0.6 is 0 Å². The van der Waals surface area contributed by atoms with Gasteiger partial charge in [-0.05, 0) is 41.8 Å². The summed E-state index contributed by atoms with van der Waals surface area (Å²) in [6.45, 7) is 3.52. The molecule has 0 bridgehead atoms. The minimum Gasteiger partial charge on any atom is -0.493 e. The van der Waals surface area contributed by atoms with Crippen molar-refractivity contribution in [3.8, 4) is 23.0 Å². The summed E-state index contributed by atoms with van der Waals surface area (Å²) in [5, 5.41) is 10.5. The van der Waals surface area contributed by atoms with E-state index in [1.54, 1.807) is 14.2 Å². The molecule has 0 radical (unpaired) electrons. The molecule has 32 heavy (non-hydrogen) atoms. The van der Waals surface area contributed by atoms with Crippen LogP contribution in [0.1, 0.15) is 30.9 Å². The van der Waals surface area contributed by atoms with Gasteiger partial charge in [0.15, 0.2) is 23.0 Å². The predicted octanol–water partition coefficient (Wildman–Crippen LogP) is 3.14. The number of benzene rings is 2. The maximum Gasteiger partial charge on any atom is 0.305 e. The lowest BCUT2D eigenvalue weighted by Crippen LogP contribution is -2.34. The minimum absolute atomic E-state index is 0.0393. The molecule has 1 N–H and O–H groups in total. The van der Waals surface area contributed by atoms with E-state index in [-0.39, 0.29) is 19.4 Å². The maximum atomic E-state index is 11.7. The van der Waals surface area contributed by atoms with E-state index in [9.17, 15) is 9.90 Å². The molecule has 0 unspecified atom stereocenters. The number of aliphatic hydroxyl groups excluding tert-OH is 1. The highest BCUT2D eigenvalue weighted by atomic mass is 16.7. The number of rotatable bonds is 12. The second-order valence-electron chi connectivity index (χ2n) is 7.63. The quantitative estimate of drug-likeness (QED) is 0.499. The molecule has 1 aliphatic rings. The molecular formula is C24H31NO7. The average Bonchev–Trinajstić information content (AvgIpc) is 3.25. The highest BCUT2D eigenvalue weighted by Gasteiger charge is 2.18. The molecule has 2 aromatic rings. The number of fused-ring (bicyclic) bond motifs is 1. The van der Waals surface area contributed by atoms with Crippen LogP contribution in [0.15, 0.2) is 36.4 Å². The van der Waals surface area contributed by atoms with Crippen LogP contribution in [-0.2, 0) is 22.6 Å².